The number of hydrogen-bond donors (Lipinski definition) is 2. The van der Waals surface area contributed by atoms with Crippen molar-refractivity contribution in [1.29, 1.82) is 0 Å². The second-order valence-corrected chi connectivity index (χ2v) is 6.11. The van der Waals surface area contributed by atoms with E-state index < -0.39 is 0 Å². The Morgan fingerprint density at radius 2 is 1.88 bits per heavy atom. The first-order valence-electron chi connectivity index (χ1n) is 7.85. The van der Waals surface area contributed by atoms with Crippen molar-refractivity contribution in [2.45, 2.75) is 26.7 Å². The standard InChI is InChI=1S/C17H26N4O3/c1-12(2)5-10-15(18)20-24-11-16(22)19-14-8-6-13(7-9-14)17(23)21(3)4/h6-9,12H,5,10-11H2,1-4H3,(H2,18,20)(H,19,22). The summed E-state index contributed by atoms with van der Waals surface area (Å²) in [6, 6.07) is 6.63. The average Bonchev–Trinajstić information content (AvgIpc) is 2.52. The van der Waals surface area contributed by atoms with E-state index in [1.165, 1.54) is 4.90 Å². The number of oxime groups is 1. The third kappa shape index (κ3) is 7.13. The highest BCUT2D eigenvalue weighted by atomic mass is 16.6. The van der Waals surface area contributed by atoms with E-state index in [2.05, 4.69) is 24.3 Å². The van der Waals surface area contributed by atoms with Crippen LogP contribution in [-0.4, -0.2) is 43.3 Å². The SMILES string of the molecule is CC(C)CC/C(N)=N/OCC(=O)Nc1ccc(C(=O)N(C)C)cc1. The molecule has 0 atom stereocenters. The fraction of sp³-hybridized carbons (Fsp3) is 0.471. The molecule has 2 amide bonds. The summed E-state index contributed by atoms with van der Waals surface area (Å²) in [7, 11) is 3.37. The van der Waals surface area contributed by atoms with Gasteiger partial charge in [-0.1, -0.05) is 19.0 Å². The first-order valence-corrected chi connectivity index (χ1v) is 7.85. The number of rotatable bonds is 8. The lowest BCUT2D eigenvalue weighted by Gasteiger charge is -2.11. The monoisotopic (exact) mass is 334 g/mol. The van der Waals surface area contributed by atoms with Crippen LogP contribution in [0, 0.1) is 5.92 Å². The normalized spacial score (nSPS) is 11.3. The predicted molar refractivity (Wildman–Crippen MR) is 94.7 cm³/mol. The molecule has 3 N–H and O–H groups in total. The van der Waals surface area contributed by atoms with Crippen molar-refractivity contribution in [1.82, 2.24) is 4.90 Å². The minimum Gasteiger partial charge on any atom is -0.384 e. The van der Waals surface area contributed by atoms with E-state index in [1.54, 1.807) is 38.4 Å². The van der Waals surface area contributed by atoms with Crippen LogP contribution in [-0.2, 0) is 9.63 Å². The summed E-state index contributed by atoms with van der Waals surface area (Å²) in [5, 5.41) is 6.38. The van der Waals surface area contributed by atoms with Gasteiger partial charge >= 0.3 is 0 Å². The number of amides is 2. The number of benzene rings is 1. The Morgan fingerprint density at radius 1 is 1.25 bits per heavy atom. The molecule has 0 aromatic heterocycles. The Labute approximate surface area is 142 Å². The van der Waals surface area contributed by atoms with Crippen molar-refractivity contribution in [2.75, 3.05) is 26.0 Å². The molecule has 0 spiro atoms. The topological polar surface area (TPSA) is 97.0 Å². The van der Waals surface area contributed by atoms with Crippen LogP contribution in [0.5, 0.6) is 0 Å². The molecule has 0 radical (unpaired) electrons. The van der Waals surface area contributed by atoms with Gasteiger partial charge in [-0.3, -0.25) is 9.59 Å². The molecule has 1 aromatic carbocycles. The van der Waals surface area contributed by atoms with Crippen LogP contribution in [0.3, 0.4) is 0 Å². The summed E-state index contributed by atoms with van der Waals surface area (Å²) in [6.45, 7) is 3.97. The Bertz CT molecular complexity index is 580. The zero-order chi connectivity index (χ0) is 18.1. The number of carbonyl (C=O) groups excluding carboxylic acids is 2. The van der Waals surface area contributed by atoms with Crippen molar-refractivity contribution >= 4 is 23.3 Å². The first-order chi connectivity index (χ1) is 11.3. The maximum Gasteiger partial charge on any atom is 0.265 e. The number of nitrogens with zero attached hydrogens (tertiary/aromatic N) is 2. The molecule has 0 fully saturated rings. The minimum absolute atomic E-state index is 0.0950. The van der Waals surface area contributed by atoms with Crippen LogP contribution < -0.4 is 11.1 Å². The summed E-state index contributed by atoms with van der Waals surface area (Å²) in [5.74, 6) is 0.469. The number of carbonyl (C=O) groups is 2. The van der Waals surface area contributed by atoms with Crippen molar-refractivity contribution in [3.05, 3.63) is 29.8 Å². The van der Waals surface area contributed by atoms with E-state index in [1.807, 2.05) is 0 Å². The molecule has 0 unspecified atom stereocenters. The molecule has 0 saturated heterocycles. The summed E-state index contributed by atoms with van der Waals surface area (Å²) < 4.78 is 0. The number of hydrogen-bond acceptors (Lipinski definition) is 4. The molecule has 0 bridgehead atoms. The van der Waals surface area contributed by atoms with Crippen molar-refractivity contribution < 1.29 is 14.4 Å². The van der Waals surface area contributed by atoms with Gasteiger partial charge in [0.2, 0.25) is 0 Å². The zero-order valence-corrected chi connectivity index (χ0v) is 14.7. The van der Waals surface area contributed by atoms with Crippen molar-refractivity contribution in [3.8, 4) is 0 Å². The van der Waals surface area contributed by atoms with Gasteiger partial charge < -0.3 is 20.8 Å². The van der Waals surface area contributed by atoms with E-state index in [4.69, 9.17) is 10.6 Å². The third-order valence-corrected chi connectivity index (χ3v) is 3.18. The quantitative estimate of drug-likeness (QED) is 0.432. The molecule has 1 rings (SSSR count). The molecular formula is C17H26N4O3. The number of amidine groups is 1. The van der Waals surface area contributed by atoms with E-state index in [0.29, 0.717) is 29.4 Å². The number of nitrogens with one attached hydrogen (secondary N) is 1. The van der Waals surface area contributed by atoms with Crippen LogP contribution in [0.15, 0.2) is 29.4 Å². The molecule has 0 aliphatic carbocycles. The minimum atomic E-state index is -0.345. The molecule has 0 saturated carbocycles. The fourth-order valence-corrected chi connectivity index (χ4v) is 1.81. The highest BCUT2D eigenvalue weighted by Crippen LogP contribution is 2.10. The second kappa shape index (κ2) is 9.54. The molecule has 0 aliphatic rings. The largest absolute Gasteiger partial charge is 0.384 e. The molecular weight excluding hydrogens is 308 g/mol. The molecule has 7 nitrogen and oxygen atoms in total. The molecule has 1 aromatic rings. The summed E-state index contributed by atoms with van der Waals surface area (Å²) >= 11 is 0. The van der Waals surface area contributed by atoms with Gasteiger partial charge in [0.25, 0.3) is 11.8 Å². The fourth-order valence-electron chi connectivity index (χ4n) is 1.81. The Hall–Kier alpha value is -2.57. The molecule has 0 heterocycles. The van der Waals surface area contributed by atoms with E-state index in [9.17, 15) is 9.59 Å². The maximum absolute atomic E-state index is 11.8. The van der Waals surface area contributed by atoms with Gasteiger partial charge in [0.1, 0.15) is 5.84 Å². The van der Waals surface area contributed by atoms with Crippen LogP contribution in [0.1, 0.15) is 37.0 Å². The van der Waals surface area contributed by atoms with Gasteiger partial charge in [0.15, 0.2) is 6.61 Å². The van der Waals surface area contributed by atoms with Crippen molar-refractivity contribution in [2.24, 2.45) is 16.8 Å². The maximum atomic E-state index is 11.8. The second-order valence-electron chi connectivity index (χ2n) is 6.11. The lowest BCUT2D eigenvalue weighted by molar-refractivity contribution is -0.120. The van der Waals surface area contributed by atoms with Gasteiger partial charge in [-0.15, -0.1) is 0 Å². The van der Waals surface area contributed by atoms with Crippen LogP contribution >= 0.6 is 0 Å². The van der Waals surface area contributed by atoms with E-state index in [-0.39, 0.29) is 18.4 Å². The zero-order valence-electron chi connectivity index (χ0n) is 14.7. The predicted octanol–water partition coefficient (Wildman–Crippen LogP) is 2.05. The van der Waals surface area contributed by atoms with Crippen LogP contribution in [0.25, 0.3) is 0 Å². The molecule has 24 heavy (non-hydrogen) atoms. The summed E-state index contributed by atoms with van der Waals surface area (Å²) in [4.78, 5) is 30.0. The van der Waals surface area contributed by atoms with Gasteiger partial charge in [-0.05, 0) is 36.6 Å². The Kier molecular flexibility index (Phi) is 7.74. The Morgan fingerprint density at radius 3 is 2.42 bits per heavy atom. The molecule has 0 aliphatic heterocycles. The smallest absolute Gasteiger partial charge is 0.265 e. The van der Waals surface area contributed by atoms with Crippen LogP contribution in [0.2, 0.25) is 0 Å². The van der Waals surface area contributed by atoms with E-state index >= 15 is 0 Å². The summed E-state index contributed by atoms with van der Waals surface area (Å²) in [5.41, 5.74) is 6.82. The Balaban J connectivity index is 2.42. The van der Waals surface area contributed by atoms with Gasteiger partial charge in [-0.2, -0.15) is 0 Å². The van der Waals surface area contributed by atoms with Gasteiger partial charge in [0, 0.05) is 31.8 Å². The average molecular weight is 334 g/mol. The molecule has 132 valence electrons. The molecule has 7 heteroatoms. The summed E-state index contributed by atoms with van der Waals surface area (Å²) in [6.07, 6.45) is 1.56. The lowest BCUT2D eigenvalue weighted by atomic mass is 10.1. The highest BCUT2D eigenvalue weighted by molar-refractivity contribution is 5.95. The third-order valence-electron chi connectivity index (χ3n) is 3.18. The number of nitrogens with two attached hydrogens (primary N) is 1. The van der Waals surface area contributed by atoms with Gasteiger partial charge in [-0.25, -0.2) is 0 Å². The number of anilines is 1. The van der Waals surface area contributed by atoms with Crippen LogP contribution in [0.4, 0.5) is 5.69 Å². The van der Waals surface area contributed by atoms with Crippen molar-refractivity contribution in [3.63, 3.8) is 0 Å². The first kappa shape index (κ1) is 19.5. The van der Waals surface area contributed by atoms with Gasteiger partial charge in [0.05, 0.1) is 0 Å². The lowest BCUT2D eigenvalue weighted by Crippen LogP contribution is -2.22. The van der Waals surface area contributed by atoms with E-state index in [0.717, 1.165) is 6.42 Å². The highest BCUT2D eigenvalue weighted by Gasteiger charge is 2.08.